The van der Waals surface area contributed by atoms with Crippen molar-refractivity contribution >= 4 is 46.4 Å². The van der Waals surface area contributed by atoms with E-state index >= 15 is 0 Å². The standard InChI is InChI=1S/C22H18Cl2N2O4/c1-29-18-7-8-19(20(12-18)30-2)26-21(27)13-3-5-17(6-4-13)25-22(28)14-9-15(23)11-16(24)10-14/h3-12H,1-2H3,(H,25,28)(H,26,27). The number of benzene rings is 3. The third-order valence-corrected chi connectivity index (χ3v) is 4.62. The number of amides is 2. The lowest BCUT2D eigenvalue weighted by molar-refractivity contribution is 0.101. The highest BCUT2D eigenvalue weighted by molar-refractivity contribution is 6.35. The van der Waals surface area contributed by atoms with Crippen molar-refractivity contribution in [2.24, 2.45) is 0 Å². The highest BCUT2D eigenvalue weighted by atomic mass is 35.5. The molecule has 0 aromatic heterocycles. The van der Waals surface area contributed by atoms with E-state index < -0.39 is 0 Å². The molecule has 0 fully saturated rings. The Balaban J connectivity index is 1.69. The molecular weight excluding hydrogens is 427 g/mol. The van der Waals surface area contributed by atoms with Gasteiger partial charge >= 0.3 is 0 Å². The number of hydrogen-bond donors (Lipinski definition) is 2. The summed E-state index contributed by atoms with van der Waals surface area (Å²) in [6.45, 7) is 0. The first kappa shape index (κ1) is 21.5. The van der Waals surface area contributed by atoms with E-state index in [-0.39, 0.29) is 11.8 Å². The zero-order chi connectivity index (χ0) is 21.7. The average molecular weight is 445 g/mol. The molecule has 0 saturated heterocycles. The fraction of sp³-hybridized carbons (Fsp3) is 0.0909. The molecule has 2 N–H and O–H groups in total. The second kappa shape index (κ2) is 9.52. The van der Waals surface area contributed by atoms with Crippen molar-refractivity contribution < 1.29 is 19.1 Å². The maximum absolute atomic E-state index is 12.6. The summed E-state index contributed by atoms with van der Waals surface area (Å²) in [5.41, 5.74) is 1.78. The van der Waals surface area contributed by atoms with E-state index in [1.54, 1.807) is 55.6 Å². The van der Waals surface area contributed by atoms with Crippen molar-refractivity contribution in [3.05, 3.63) is 81.8 Å². The van der Waals surface area contributed by atoms with Gasteiger partial charge in [0.2, 0.25) is 0 Å². The molecule has 0 radical (unpaired) electrons. The van der Waals surface area contributed by atoms with Crippen LogP contribution in [0.5, 0.6) is 11.5 Å². The molecule has 3 rings (SSSR count). The van der Waals surface area contributed by atoms with Gasteiger partial charge < -0.3 is 20.1 Å². The Morgan fingerprint density at radius 3 is 1.97 bits per heavy atom. The van der Waals surface area contributed by atoms with Gasteiger partial charge in [0.15, 0.2) is 0 Å². The van der Waals surface area contributed by atoms with Gasteiger partial charge in [-0.15, -0.1) is 0 Å². The van der Waals surface area contributed by atoms with E-state index in [0.29, 0.717) is 44.0 Å². The van der Waals surface area contributed by atoms with Gasteiger partial charge in [0.05, 0.1) is 19.9 Å². The minimum atomic E-state index is -0.362. The Kier molecular flexibility index (Phi) is 6.82. The Morgan fingerprint density at radius 1 is 0.733 bits per heavy atom. The number of rotatable bonds is 6. The molecule has 0 aliphatic rings. The highest BCUT2D eigenvalue weighted by Gasteiger charge is 2.12. The van der Waals surface area contributed by atoms with E-state index in [0.717, 1.165) is 0 Å². The second-order valence-electron chi connectivity index (χ2n) is 6.21. The summed E-state index contributed by atoms with van der Waals surface area (Å²) in [5.74, 6) is 0.412. The van der Waals surface area contributed by atoms with Gasteiger partial charge in [-0.2, -0.15) is 0 Å². The molecule has 30 heavy (non-hydrogen) atoms. The van der Waals surface area contributed by atoms with Gasteiger partial charge in [-0.1, -0.05) is 23.2 Å². The molecule has 0 aliphatic heterocycles. The van der Waals surface area contributed by atoms with Crippen molar-refractivity contribution in [1.82, 2.24) is 0 Å². The smallest absolute Gasteiger partial charge is 0.255 e. The molecule has 2 amide bonds. The Bertz CT molecular complexity index is 1060. The Hall–Kier alpha value is -3.22. The highest BCUT2D eigenvalue weighted by Crippen LogP contribution is 2.29. The lowest BCUT2D eigenvalue weighted by atomic mass is 10.1. The number of hydrogen-bond acceptors (Lipinski definition) is 4. The summed E-state index contributed by atoms with van der Waals surface area (Å²) < 4.78 is 10.4. The van der Waals surface area contributed by atoms with Gasteiger partial charge in [-0.3, -0.25) is 9.59 Å². The monoisotopic (exact) mass is 444 g/mol. The van der Waals surface area contributed by atoms with E-state index in [9.17, 15) is 9.59 Å². The first-order chi connectivity index (χ1) is 14.4. The van der Waals surface area contributed by atoms with Gasteiger partial charge in [0.25, 0.3) is 11.8 Å². The third kappa shape index (κ3) is 5.23. The van der Waals surface area contributed by atoms with E-state index in [2.05, 4.69) is 10.6 Å². The largest absolute Gasteiger partial charge is 0.497 e. The number of carbonyl (C=O) groups excluding carboxylic acids is 2. The first-order valence-electron chi connectivity index (χ1n) is 8.80. The Morgan fingerprint density at radius 2 is 1.37 bits per heavy atom. The van der Waals surface area contributed by atoms with Crippen molar-refractivity contribution in [1.29, 1.82) is 0 Å². The van der Waals surface area contributed by atoms with Crippen LogP contribution in [0.4, 0.5) is 11.4 Å². The SMILES string of the molecule is COc1ccc(NC(=O)c2ccc(NC(=O)c3cc(Cl)cc(Cl)c3)cc2)c(OC)c1. The molecule has 0 aliphatic carbocycles. The minimum absolute atomic E-state index is 0.321. The second-order valence-corrected chi connectivity index (χ2v) is 7.08. The van der Waals surface area contributed by atoms with Crippen molar-refractivity contribution in [3.63, 3.8) is 0 Å². The number of methoxy groups -OCH3 is 2. The van der Waals surface area contributed by atoms with Crippen LogP contribution >= 0.6 is 23.2 Å². The Labute approximate surface area is 183 Å². The molecule has 6 nitrogen and oxygen atoms in total. The third-order valence-electron chi connectivity index (χ3n) is 4.19. The first-order valence-corrected chi connectivity index (χ1v) is 9.56. The van der Waals surface area contributed by atoms with Crippen molar-refractivity contribution in [2.75, 3.05) is 24.9 Å². The lowest BCUT2D eigenvalue weighted by Crippen LogP contribution is -2.14. The van der Waals surface area contributed by atoms with Crippen LogP contribution in [-0.4, -0.2) is 26.0 Å². The summed E-state index contributed by atoms with van der Waals surface area (Å²) in [6.07, 6.45) is 0. The quantitative estimate of drug-likeness (QED) is 0.524. The molecule has 0 saturated carbocycles. The molecule has 0 spiro atoms. The summed E-state index contributed by atoms with van der Waals surface area (Å²) >= 11 is 11.9. The molecule has 0 atom stereocenters. The van der Waals surface area contributed by atoms with E-state index in [4.69, 9.17) is 32.7 Å². The normalized spacial score (nSPS) is 10.3. The zero-order valence-corrected chi connectivity index (χ0v) is 17.7. The van der Waals surface area contributed by atoms with E-state index in [1.165, 1.54) is 19.2 Å². The summed E-state index contributed by atoms with van der Waals surface area (Å²) in [5, 5.41) is 6.27. The molecular formula is C22H18Cl2N2O4. The van der Waals surface area contributed by atoms with Crippen LogP contribution in [-0.2, 0) is 0 Å². The number of carbonyl (C=O) groups is 2. The minimum Gasteiger partial charge on any atom is -0.497 e. The maximum Gasteiger partial charge on any atom is 0.255 e. The van der Waals surface area contributed by atoms with Crippen LogP contribution in [0.2, 0.25) is 10.0 Å². The average Bonchev–Trinajstić information content (AvgIpc) is 2.73. The van der Waals surface area contributed by atoms with E-state index in [1.807, 2.05) is 0 Å². The summed E-state index contributed by atoms with van der Waals surface area (Å²) in [6, 6.07) is 16.1. The lowest BCUT2D eigenvalue weighted by Gasteiger charge is -2.12. The van der Waals surface area contributed by atoms with Crippen LogP contribution in [0.25, 0.3) is 0 Å². The van der Waals surface area contributed by atoms with Gasteiger partial charge in [-0.05, 0) is 54.6 Å². The maximum atomic E-state index is 12.6. The van der Waals surface area contributed by atoms with Gasteiger partial charge in [0.1, 0.15) is 11.5 Å². The molecule has 0 heterocycles. The topological polar surface area (TPSA) is 76.7 Å². The number of anilines is 2. The van der Waals surface area contributed by atoms with Gasteiger partial charge in [0, 0.05) is 32.9 Å². The van der Waals surface area contributed by atoms with Crippen LogP contribution in [0.15, 0.2) is 60.7 Å². The molecule has 0 bridgehead atoms. The zero-order valence-electron chi connectivity index (χ0n) is 16.2. The number of ether oxygens (including phenoxy) is 2. The molecule has 3 aromatic carbocycles. The van der Waals surface area contributed by atoms with Crippen LogP contribution in [0.1, 0.15) is 20.7 Å². The van der Waals surface area contributed by atoms with Crippen molar-refractivity contribution in [3.8, 4) is 11.5 Å². The molecule has 3 aromatic rings. The fourth-order valence-electron chi connectivity index (χ4n) is 2.69. The fourth-order valence-corrected chi connectivity index (χ4v) is 3.22. The van der Waals surface area contributed by atoms with Crippen LogP contribution < -0.4 is 20.1 Å². The van der Waals surface area contributed by atoms with Crippen LogP contribution in [0.3, 0.4) is 0 Å². The van der Waals surface area contributed by atoms with Gasteiger partial charge in [-0.25, -0.2) is 0 Å². The predicted molar refractivity (Wildman–Crippen MR) is 118 cm³/mol. The summed E-state index contributed by atoms with van der Waals surface area (Å²) in [7, 11) is 3.06. The number of nitrogens with one attached hydrogen (secondary N) is 2. The molecule has 0 unspecified atom stereocenters. The number of halogens is 2. The molecule has 154 valence electrons. The summed E-state index contributed by atoms with van der Waals surface area (Å²) in [4.78, 5) is 24.9. The van der Waals surface area contributed by atoms with Crippen LogP contribution in [0, 0.1) is 0 Å². The molecule has 8 heteroatoms. The predicted octanol–water partition coefficient (Wildman–Crippen LogP) is 5.52. The van der Waals surface area contributed by atoms with Crippen molar-refractivity contribution in [2.45, 2.75) is 0 Å².